The van der Waals surface area contributed by atoms with Gasteiger partial charge in [-0.1, -0.05) is 0 Å². The van der Waals surface area contributed by atoms with Crippen molar-refractivity contribution in [3.63, 3.8) is 0 Å². The molecule has 0 spiro atoms. The SMILES string of the molecule is CN(C(=O)c1cc2ccc(F)cn2c1)[C@@H]1CNCc2[nH]c(=O)c3cc(F)c(F)cc3c21. The molecule has 1 amide bonds. The molecule has 31 heavy (non-hydrogen) atoms. The van der Waals surface area contributed by atoms with Gasteiger partial charge in [0, 0.05) is 49.3 Å². The topological polar surface area (TPSA) is 69.6 Å². The Hall–Kier alpha value is -3.59. The maximum atomic E-state index is 14.0. The minimum Gasteiger partial charge on any atom is -0.333 e. The minimum absolute atomic E-state index is 0.0236. The normalized spacial score (nSPS) is 15.9. The first kappa shape index (κ1) is 19.4. The summed E-state index contributed by atoms with van der Waals surface area (Å²) in [5.41, 5.74) is 1.57. The predicted molar refractivity (Wildman–Crippen MR) is 108 cm³/mol. The van der Waals surface area contributed by atoms with Crippen LogP contribution in [0, 0.1) is 17.5 Å². The number of H-pyrrole nitrogens is 1. The van der Waals surface area contributed by atoms with Crippen LogP contribution in [0.25, 0.3) is 16.3 Å². The monoisotopic (exact) mass is 426 g/mol. The van der Waals surface area contributed by atoms with Gasteiger partial charge in [-0.3, -0.25) is 9.59 Å². The second-order valence-corrected chi connectivity index (χ2v) is 7.63. The number of likely N-dealkylation sites (N-methyl/N-ethyl adjacent to an activating group) is 1. The van der Waals surface area contributed by atoms with Crippen molar-refractivity contribution in [3.8, 4) is 0 Å². The van der Waals surface area contributed by atoms with Gasteiger partial charge in [0.15, 0.2) is 11.6 Å². The Morgan fingerprint density at radius 3 is 2.61 bits per heavy atom. The molecule has 0 fully saturated rings. The average molecular weight is 426 g/mol. The molecule has 1 atom stereocenters. The van der Waals surface area contributed by atoms with Gasteiger partial charge in [-0.15, -0.1) is 0 Å². The average Bonchev–Trinajstić information content (AvgIpc) is 3.17. The number of fused-ring (bicyclic) bond motifs is 4. The van der Waals surface area contributed by atoms with Crippen LogP contribution in [0.5, 0.6) is 0 Å². The van der Waals surface area contributed by atoms with Crippen LogP contribution < -0.4 is 10.9 Å². The van der Waals surface area contributed by atoms with Crippen LogP contribution in [0.3, 0.4) is 0 Å². The highest BCUT2D eigenvalue weighted by molar-refractivity contribution is 5.96. The molecule has 4 heterocycles. The summed E-state index contributed by atoms with van der Waals surface area (Å²) in [4.78, 5) is 29.8. The maximum absolute atomic E-state index is 14.0. The highest BCUT2D eigenvalue weighted by Crippen LogP contribution is 2.32. The van der Waals surface area contributed by atoms with Crippen LogP contribution in [-0.2, 0) is 6.54 Å². The van der Waals surface area contributed by atoms with Crippen molar-refractivity contribution in [2.24, 2.45) is 0 Å². The van der Waals surface area contributed by atoms with E-state index in [4.69, 9.17) is 0 Å². The fourth-order valence-electron chi connectivity index (χ4n) is 4.22. The van der Waals surface area contributed by atoms with Gasteiger partial charge in [-0.05, 0) is 35.7 Å². The molecule has 1 aromatic carbocycles. The number of pyridine rings is 2. The Kier molecular flexibility index (Phi) is 4.37. The summed E-state index contributed by atoms with van der Waals surface area (Å²) in [7, 11) is 1.60. The lowest BCUT2D eigenvalue weighted by atomic mass is 9.93. The zero-order chi connectivity index (χ0) is 21.9. The third-order valence-electron chi connectivity index (χ3n) is 5.75. The van der Waals surface area contributed by atoms with E-state index in [1.807, 2.05) is 0 Å². The van der Waals surface area contributed by atoms with Crippen molar-refractivity contribution in [1.82, 2.24) is 19.6 Å². The van der Waals surface area contributed by atoms with Crippen LogP contribution >= 0.6 is 0 Å². The molecular formula is C22H17F3N4O2. The minimum atomic E-state index is -1.11. The standard InChI is InChI=1S/C22H17F3N4O2/c1-28(22(31)11-4-13-3-2-12(23)10-29(13)9-11)19-8-26-7-18-20(19)14-5-16(24)17(25)6-15(14)21(30)27-18/h2-6,9-10,19,26H,7-8H2,1H3,(H,27,30)/t19-/m1/s1. The number of hydrogen-bond donors (Lipinski definition) is 2. The Morgan fingerprint density at radius 2 is 1.84 bits per heavy atom. The van der Waals surface area contributed by atoms with Gasteiger partial charge < -0.3 is 19.6 Å². The molecule has 0 bridgehead atoms. The molecule has 0 saturated carbocycles. The van der Waals surface area contributed by atoms with Crippen LogP contribution in [0.4, 0.5) is 13.2 Å². The van der Waals surface area contributed by atoms with Crippen LogP contribution in [0.1, 0.15) is 27.7 Å². The molecule has 0 unspecified atom stereocenters. The first-order chi connectivity index (χ1) is 14.8. The molecule has 4 aromatic rings. The molecule has 0 aliphatic carbocycles. The van der Waals surface area contributed by atoms with E-state index < -0.39 is 29.1 Å². The van der Waals surface area contributed by atoms with Gasteiger partial charge >= 0.3 is 0 Å². The molecule has 0 saturated heterocycles. The molecule has 3 aromatic heterocycles. The molecule has 2 N–H and O–H groups in total. The summed E-state index contributed by atoms with van der Waals surface area (Å²) >= 11 is 0. The Morgan fingerprint density at radius 1 is 1.10 bits per heavy atom. The number of halogens is 3. The van der Waals surface area contributed by atoms with Gasteiger partial charge in [0.1, 0.15) is 5.82 Å². The quantitative estimate of drug-likeness (QED) is 0.518. The zero-order valence-electron chi connectivity index (χ0n) is 16.4. The highest BCUT2D eigenvalue weighted by Gasteiger charge is 2.31. The van der Waals surface area contributed by atoms with Gasteiger partial charge in [-0.25, -0.2) is 13.2 Å². The molecule has 0 radical (unpaired) electrons. The molecule has 1 aliphatic heterocycles. The fraction of sp³-hybridized carbons (Fsp3) is 0.182. The number of carbonyl (C=O) groups is 1. The second kappa shape index (κ2) is 6.98. The van der Waals surface area contributed by atoms with Gasteiger partial charge in [0.05, 0.1) is 17.0 Å². The number of aromatic nitrogens is 2. The summed E-state index contributed by atoms with van der Waals surface area (Å²) in [5.74, 6) is -2.93. The van der Waals surface area contributed by atoms with Crippen LogP contribution in [0.15, 0.2) is 47.5 Å². The highest BCUT2D eigenvalue weighted by atomic mass is 19.2. The molecular weight excluding hydrogens is 409 g/mol. The van der Waals surface area contributed by atoms with Crippen molar-refractivity contribution in [2.45, 2.75) is 12.6 Å². The van der Waals surface area contributed by atoms with Crippen molar-refractivity contribution in [3.05, 3.63) is 87.4 Å². The van der Waals surface area contributed by atoms with E-state index >= 15 is 0 Å². The number of aromatic amines is 1. The van der Waals surface area contributed by atoms with E-state index in [1.54, 1.807) is 19.2 Å². The van der Waals surface area contributed by atoms with E-state index in [0.29, 0.717) is 35.4 Å². The van der Waals surface area contributed by atoms with E-state index in [2.05, 4.69) is 10.3 Å². The molecule has 1 aliphatic rings. The lowest BCUT2D eigenvalue weighted by Crippen LogP contribution is -2.42. The summed E-state index contributed by atoms with van der Waals surface area (Å²) in [5, 5.41) is 3.44. The van der Waals surface area contributed by atoms with E-state index in [0.717, 1.165) is 12.1 Å². The third kappa shape index (κ3) is 3.09. The van der Waals surface area contributed by atoms with Crippen molar-refractivity contribution in [1.29, 1.82) is 0 Å². The number of rotatable bonds is 2. The summed E-state index contributed by atoms with van der Waals surface area (Å²) < 4.78 is 42.8. The van der Waals surface area contributed by atoms with Crippen molar-refractivity contribution >= 4 is 22.2 Å². The van der Waals surface area contributed by atoms with E-state index in [-0.39, 0.29) is 16.7 Å². The predicted octanol–water partition coefficient (Wildman–Crippen LogP) is 3.11. The lowest BCUT2D eigenvalue weighted by Gasteiger charge is -2.34. The first-order valence-electron chi connectivity index (χ1n) is 9.62. The number of carbonyl (C=O) groups excluding carboxylic acids is 1. The lowest BCUT2D eigenvalue weighted by molar-refractivity contribution is 0.0723. The maximum Gasteiger partial charge on any atom is 0.256 e. The summed E-state index contributed by atoms with van der Waals surface area (Å²) in [6, 6.07) is 5.87. The molecule has 6 nitrogen and oxygen atoms in total. The Labute approximate surface area is 173 Å². The van der Waals surface area contributed by atoms with E-state index in [1.165, 1.54) is 27.8 Å². The van der Waals surface area contributed by atoms with Gasteiger partial charge in [0.25, 0.3) is 11.5 Å². The molecule has 9 heteroatoms. The van der Waals surface area contributed by atoms with Crippen molar-refractivity contribution < 1.29 is 18.0 Å². The summed E-state index contributed by atoms with van der Waals surface area (Å²) in [6.45, 7) is 0.685. The molecule has 158 valence electrons. The second-order valence-electron chi connectivity index (χ2n) is 7.63. The van der Waals surface area contributed by atoms with Gasteiger partial charge in [0.2, 0.25) is 0 Å². The Balaban J connectivity index is 1.61. The summed E-state index contributed by atoms with van der Waals surface area (Å²) in [6.07, 6.45) is 2.81. The first-order valence-corrected chi connectivity index (χ1v) is 9.62. The number of amides is 1. The van der Waals surface area contributed by atoms with Crippen LogP contribution in [0.2, 0.25) is 0 Å². The number of nitrogens with zero attached hydrogens (tertiary/aromatic N) is 2. The largest absolute Gasteiger partial charge is 0.333 e. The zero-order valence-corrected chi connectivity index (χ0v) is 16.4. The third-order valence-corrected chi connectivity index (χ3v) is 5.75. The van der Waals surface area contributed by atoms with Crippen LogP contribution in [-0.4, -0.2) is 33.8 Å². The number of hydrogen-bond acceptors (Lipinski definition) is 3. The number of benzene rings is 1. The number of nitrogens with one attached hydrogen (secondary N) is 2. The van der Waals surface area contributed by atoms with Gasteiger partial charge in [-0.2, -0.15) is 0 Å². The molecule has 5 rings (SSSR count). The Bertz CT molecular complexity index is 1430. The smallest absolute Gasteiger partial charge is 0.256 e. The van der Waals surface area contributed by atoms with Crippen molar-refractivity contribution in [2.75, 3.05) is 13.6 Å². The van der Waals surface area contributed by atoms with E-state index in [9.17, 15) is 22.8 Å². The fourth-order valence-corrected chi connectivity index (χ4v) is 4.22.